The number of nitrogens with one attached hydrogen (secondary N) is 2. The number of hydrogen-bond donors (Lipinski definition) is 2. The average Bonchev–Trinajstić information content (AvgIpc) is 2.84. The van der Waals surface area contributed by atoms with Crippen LogP contribution in [-0.2, 0) is 6.42 Å². The van der Waals surface area contributed by atoms with E-state index < -0.39 is 5.82 Å². The molecule has 0 aliphatic heterocycles. The van der Waals surface area contributed by atoms with Gasteiger partial charge in [0.15, 0.2) is 0 Å². The Morgan fingerprint density at radius 2 is 2.35 bits per heavy atom. The van der Waals surface area contributed by atoms with Gasteiger partial charge >= 0.3 is 0 Å². The lowest BCUT2D eigenvalue weighted by atomic mass is 10.2. The summed E-state index contributed by atoms with van der Waals surface area (Å²) in [7, 11) is 0. The highest BCUT2D eigenvalue weighted by atomic mass is 19.1. The Balaban J connectivity index is 1.93. The third-order valence-corrected chi connectivity index (χ3v) is 2.33. The lowest BCUT2D eigenvalue weighted by Gasteiger charge is -2.06. The second-order valence-corrected chi connectivity index (χ2v) is 3.52. The summed E-state index contributed by atoms with van der Waals surface area (Å²) in [6.45, 7) is 0.580. The number of H-pyrrole nitrogens is 1. The van der Waals surface area contributed by atoms with E-state index in [-0.39, 0.29) is 0 Å². The van der Waals surface area contributed by atoms with Gasteiger partial charge in [0.25, 0.3) is 0 Å². The monoisotopic (exact) mass is 230 g/mol. The van der Waals surface area contributed by atoms with Crippen molar-refractivity contribution in [3.63, 3.8) is 0 Å². The van der Waals surface area contributed by atoms with Gasteiger partial charge < -0.3 is 10.3 Å². The molecule has 86 valence electrons. The molecule has 0 atom stereocenters. The molecular formula is C12H11FN4. The van der Waals surface area contributed by atoms with Crippen LogP contribution in [0.1, 0.15) is 11.4 Å². The van der Waals surface area contributed by atoms with Crippen molar-refractivity contribution in [2.24, 2.45) is 0 Å². The van der Waals surface area contributed by atoms with Gasteiger partial charge in [0.05, 0.1) is 17.3 Å². The molecule has 5 heteroatoms. The van der Waals surface area contributed by atoms with E-state index in [1.54, 1.807) is 24.5 Å². The molecule has 17 heavy (non-hydrogen) atoms. The first-order valence-corrected chi connectivity index (χ1v) is 5.21. The number of anilines is 1. The zero-order chi connectivity index (χ0) is 12.1. The minimum absolute atomic E-state index is 0.319. The summed E-state index contributed by atoms with van der Waals surface area (Å²) < 4.78 is 13.5. The molecule has 0 fully saturated rings. The zero-order valence-electron chi connectivity index (χ0n) is 9.07. The van der Waals surface area contributed by atoms with E-state index in [2.05, 4.69) is 15.3 Å². The van der Waals surface area contributed by atoms with Gasteiger partial charge in [-0.15, -0.1) is 0 Å². The lowest BCUT2D eigenvalue weighted by molar-refractivity contribution is 0.629. The van der Waals surface area contributed by atoms with E-state index in [4.69, 9.17) is 5.26 Å². The molecule has 0 aliphatic carbocycles. The fourth-order valence-corrected chi connectivity index (χ4v) is 1.48. The van der Waals surface area contributed by atoms with Crippen molar-refractivity contribution < 1.29 is 4.39 Å². The Morgan fingerprint density at radius 1 is 1.47 bits per heavy atom. The molecule has 2 N–H and O–H groups in total. The Morgan fingerprint density at radius 3 is 3.00 bits per heavy atom. The maximum atomic E-state index is 13.5. The van der Waals surface area contributed by atoms with Gasteiger partial charge in [0, 0.05) is 25.4 Å². The molecule has 4 nitrogen and oxygen atoms in total. The van der Waals surface area contributed by atoms with Gasteiger partial charge in [-0.05, 0) is 18.2 Å². The minimum atomic E-state index is -0.413. The van der Waals surface area contributed by atoms with Crippen molar-refractivity contribution in [1.29, 1.82) is 5.26 Å². The van der Waals surface area contributed by atoms with Crippen LogP contribution in [0.2, 0.25) is 0 Å². The highest BCUT2D eigenvalue weighted by Crippen LogP contribution is 2.15. The van der Waals surface area contributed by atoms with Crippen LogP contribution in [0.5, 0.6) is 0 Å². The molecule has 0 saturated carbocycles. The molecular weight excluding hydrogens is 219 g/mol. The molecule has 2 aromatic rings. The maximum Gasteiger partial charge on any atom is 0.147 e. The standard InChI is InChI=1S/C12H11FN4/c13-10-7-9(8-14)1-2-11(10)15-4-3-12-16-5-6-17-12/h1-2,5-7,15H,3-4H2,(H,16,17). The number of nitriles is 1. The van der Waals surface area contributed by atoms with Crippen molar-refractivity contribution >= 4 is 5.69 Å². The maximum absolute atomic E-state index is 13.5. The predicted octanol–water partition coefficient (Wildman–Crippen LogP) is 2.08. The molecule has 0 bridgehead atoms. The second-order valence-electron chi connectivity index (χ2n) is 3.52. The van der Waals surface area contributed by atoms with Gasteiger partial charge in [-0.3, -0.25) is 0 Å². The first-order valence-electron chi connectivity index (χ1n) is 5.21. The van der Waals surface area contributed by atoms with Crippen LogP contribution >= 0.6 is 0 Å². The van der Waals surface area contributed by atoms with E-state index >= 15 is 0 Å². The van der Waals surface area contributed by atoms with Crippen molar-refractivity contribution in [2.45, 2.75) is 6.42 Å². The SMILES string of the molecule is N#Cc1ccc(NCCc2ncc[nH]2)c(F)c1. The second kappa shape index (κ2) is 5.12. The Kier molecular flexibility index (Phi) is 3.36. The fourth-order valence-electron chi connectivity index (χ4n) is 1.48. The topological polar surface area (TPSA) is 64.5 Å². The van der Waals surface area contributed by atoms with Gasteiger partial charge in [-0.1, -0.05) is 0 Å². The summed E-state index contributed by atoms with van der Waals surface area (Å²) >= 11 is 0. The third kappa shape index (κ3) is 2.82. The summed E-state index contributed by atoms with van der Waals surface area (Å²) in [6.07, 6.45) is 4.11. The number of aromatic amines is 1. The Bertz CT molecular complexity index is 528. The van der Waals surface area contributed by atoms with Gasteiger partial charge in [0.2, 0.25) is 0 Å². The van der Waals surface area contributed by atoms with E-state index in [1.807, 2.05) is 6.07 Å². The molecule has 0 spiro atoms. The van der Waals surface area contributed by atoms with Crippen molar-refractivity contribution in [2.75, 3.05) is 11.9 Å². The van der Waals surface area contributed by atoms with E-state index in [0.29, 0.717) is 24.2 Å². The number of rotatable bonds is 4. The van der Waals surface area contributed by atoms with E-state index in [1.165, 1.54) is 6.07 Å². The minimum Gasteiger partial charge on any atom is -0.382 e. The largest absolute Gasteiger partial charge is 0.382 e. The summed E-state index contributed by atoms with van der Waals surface area (Å²) in [5, 5.41) is 11.6. The molecule has 1 aromatic carbocycles. The summed E-state index contributed by atoms with van der Waals surface area (Å²) in [5.41, 5.74) is 0.717. The number of nitrogens with zero attached hydrogens (tertiary/aromatic N) is 2. The van der Waals surface area contributed by atoms with Crippen LogP contribution in [0.25, 0.3) is 0 Å². The predicted molar refractivity (Wildman–Crippen MR) is 61.9 cm³/mol. The zero-order valence-corrected chi connectivity index (χ0v) is 9.07. The summed E-state index contributed by atoms with van der Waals surface area (Å²) in [6, 6.07) is 6.26. The lowest BCUT2D eigenvalue weighted by Crippen LogP contribution is -2.07. The van der Waals surface area contributed by atoms with Crippen LogP contribution in [0.4, 0.5) is 10.1 Å². The Labute approximate surface area is 98.1 Å². The Hall–Kier alpha value is -2.35. The summed E-state index contributed by atoms with van der Waals surface area (Å²) in [4.78, 5) is 7.03. The van der Waals surface area contributed by atoms with Crippen molar-refractivity contribution in [1.82, 2.24) is 9.97 Å². The molecule has 0 saturated heterocycles. The smallest absolute Gasteiger partial charge is 0.147 e. The highest BCUT2D eigenvalue weighted by Gasteiger charge is 2.03. The van der Waals surface area contributed by atoms with Gasteiger partial charge in [-0.2, -0.15) is 5.26 Å². The van der Waals surface area contributed by atoms with Crippen LogP contribution in [0, 0.1) is 17.1 Å². The van der Waals surface area contributed by atoms with Crippen molar-refractivity contribution in [3.05, 3.63) is 47.8 Å². The summed E-state index contributed by atoms with van der Waals surface area (Å²) in [5.74, 6) is 0.440. The molecule has 1 heterocycles. The highest BCUT2D eigenvalue weighted by molar-refractivity contribution is 5.48. The number of imidazole rings is 1. The quantitative estimate of drug-likeness (QED) is 0.845. The number of benzene rings is 1. The molecule has 2 rings (SSSR count). The van der Waals surface area contributed by atoms with Crippen molar-refractivity contribution in [3.8, 4) is 6.07 Å². The van der Waals surface area contributed by atoms with E-state index in [0.717, 1.165) is 5.82 Å². The molecule has 0 unspecified atom stereocenters. The number of halogens is 1. The van der Waals surface area contributed by atoms with Crippen LogP contribution in [0.3, 0.4) is 0 Å². The molecule has 0 amide bonds. The normalized spacial score (nSPS) is 9.88. The average molecular weight is 230 g/mol. The third-order valence-electron chi connectivity index (χ3n) is 2.33. The van der Waals surface area contributed by atoms with Gasteiger partial charge in [0.1, 0.15) is 11.6 Å². The van der Waals surface area contributed by atoms with Gasteiger partial charge in [-0.25, -0.2) is 9.37 Å². The fraction of sp³-hybridized carbons (Fsp3) is 0.167. The van der Waals surface area contributed by atoms with Crippen LogP contribution in [0.15, 0.2) is 30.6 Å². The number of hydrogen-bond acceptors (Lipinski definition) is 3. The number of aromatic nitrogens is 2. The van der Waals surface area contributed by atoms with E-state index in [9.17, 15) is 4.39 Å². The van der Waals surface area contributed by atoms with Crippen LogP contribution < -0.4 is 5.32 Å². The molecule has 0 radical (unpaired) electrons. The molecule has 1 aromatic heterocycles. The molecule has 0 aliphatic rings. The van der Waals surface area contributed by atoms with Crippen LogP contribution in [-0.4, -0.2) is 16.5 Å². The first kappa shape index (κ1) is 11.1. The first-order chi connectivity index (χ1) is 8.29.